The molecule has 0 saturated heterocycles. The van der Waals surface area contributed by atoms with Crippen LogP contribution in [0.25, 0.3) is 0 Å². The van der Waals surface area contributed by atoms with Crippen molar-refractivity contribution in [1.82, 2.24) is 0 Å². The van der Waals surface area contributed by atoms with Crippen LogP contribution in [0, 0.1) is 6.92 Å². The summed E-state index contributed by atoms with van der Waals surface area (Å²) in [4.78, 5) is 26.0. The van der Waals surface area contributed by atoms with Crippen molar-refractivity contribution in [1.29, 1.82) is 0 Å². The highest BCUT2D eigenvalue weighted by Crippen LogP contribution is 2.13. The van der Waals surface area contributed by atoms with Crippen LogP contribution >= 0.6 is 0 Å². The minimum absolute atomic E-state index is 0.174. The Balaban J connectivity index is 3.00. The first-order valence-corrected chi connectivity index (χ1v) is 4.73. The van der Waals surface area contributed by atoms with Crippen LogP contribution < -0.4 is 0 Å². The van der Waals surface area contributed by atoms with Crippen LogP contribution in [0.2, 0.25) is 0 Å². The number of esters is 1. The molecule has 0 aliphatic carbocycles. The van der Waals surface area contributed by atoms with Gasteiger partial charge in [-0.25, -0.2) is 9.59 Å². The van der Waals surface area contributed by atoms with E-state index in [0.717, 1.165) is 0 Å². The Morgan fingerprint density at radius 1 is 1.31 bits per heavy atom. The molecule has 0 saturated carbocycles. The zero-order valence-corrected chi connectivity index (χ0v) is 9.02. The Labute approximate surface area is 92.5 Å². The smallest absolute Gasteiger partial charge is 0.372 e. The summed E-state index contributed by atoms with van der Waals surface area (Å²) >= 11 is 0. The van der Waals surface area contributed by atoms with Crippen molar-refractivity contribution < 1.29 is 24.5 Å². The number of carbonyl (C=O) groups excluding carboxylic acids is 2. The minimum atomic E-state index is -0.862. The Bertz CT molecular complexity index is 411. The molecular weight excluding hydrogens is 212 g/mol. The first kappa shape index (κ1) is 12.2. The predicted octanol–water partition coefficient (Wildman–Crippen LogP) is 1.80. The van der Waals surface area contributed by atoms with Gasteiger partial charge in [-0.2, -0.15) is 5.26 Å². The van der Waals surface area contributed by atoms with Crippen LogP contribution in [0.1, 0.15) is 33.2 Å². The number of ether oxygens (including phenoxy) is 1. The molecule has 0 fully saturated rings. The van der Waals surface area contributed by atoms with Gasteiger partial charge in [-0.1, -0.05) is 0 Å². The third-order valence-corrected chi connectivity index (χ3v) is 2.04. The van der Waals surface area contributed by atoms with Gasteiger partial charge in [0.15, 0.2) is 0 Å². The molecule has 0 unspecified atom stereocenters. The number of aryl methyl sites for hydroxylation is 1. The van der Waals surface area contributed by atoms with E-state index in [4.69, 9.17) is 9.99 Å². The van der Waals surface area contributed by atoms with Crippen molar-refractivity contribution in [2.75, 3.05) is 6.61 Å². The highest BCUT2D eigenvalue weighted by molar-refractivity contribution is 5.94. The van der Waals surface area contributed by atoms with Crippen molar-refractivity contribution in [3.8, 4) is 0 Å². The topological polar surface area (TPSA) is 72.8 Å². The molecule has 0 aliphatic rings. The highest BCUT2D eigenvalue weighted by Gasteiger charge is 2.13. The van der Waals surface area contributed by atoms with Crippen LogP contribution in [-0.4, -0.2) is 23.8 Å². The number of hydrogen-bond donors (Lipinski definition) is 1. The number of hydrogen-bond acceptors (Lipinski definition) is 5. The lowest BCUT2D eigenvalue weighted by Gasteiger charge is -2.06. The van der Waals surface area contributed by atoms with E-state index < -0.39 is 11.9 Å². The standard InChI is InChI=1S/C11H12O5/c1-3-15-11(13)9-5-4-8(6-7(9)2)10(12)16-14/h4-6,14H,3H2,1-2H3. The molecule has 0 aliphatic heterocycles. The van der Waals surface area contributed by atoms with Crippen LogP contribution in [0.15, 0.2) is 18.2 Å². The van der Waals surface area contributed by atoms with E-state index in [0.29, 0.717) is 17.7 Å². The van der Waals surface area contributed by atoms with Crippen LogP contribution in [0.5, 0.6) is 0 Å². The Morgan fingerprint density at radius 3 is 2.50 bits per heavy atom. The number of benzene rings is 1. The molecular formula is C11H12O5. The Morgan fingerprint density at radius 2 is 2.00 bits per heavy atom. The maximum atomic E-state index is 11.4. The van der Waals surface area contributed by atoms with Crippen molar-refractivity contribution in [3.63, 3.8) is 0 Å². The zero-order chi connectivity index (χ0) is 12.1. The van der Waals surface area contributed by atoms with E-state index in [1.807, 2.05) is 0 Å². The monoisotopic (exact) mass is 224 g/mol. The van der Waals surface area contributed by atoms with E-state index in [2.05, 4.69) is 4.89 Å². The molecule has 1 aromatic carbocycles. The van der Waals surface area contributed by atoms with Gasteiger partial charge in [0.2, 0.25) is 0 Å². The van der Waals surface area contributed by atoms with Gasteiger partial charge >= 0.3 is 11.9 Å². The van der Waals surface area contributed by atoms with Gasteiger partial charge in [0.25, 0.3) is 0 Å². The zero-order valence-electron chi connectivity index (χ0n) is 9.02. The van der Waals surface area contributed by atoms with Gasteiger partial charge in [-0.05, 0) is 37.6 Å². The fraction of sp³-hybridized carbons (Fsp3) is 0.273. The first-order valence-electron chi connectivity index (χ1n) is 4.73. The fourth-order valence-electron chi connectivity index (χ4n) is 1.28. The van der Waals surface area contributed by atoms with Gasteiger partial charge in [0.1, 0.15) is 0 Å². The molecule has 1 N–H and O–H groups in total. The number of carbonyl (C=O) groups is 2. The van der Waals surface area contributed by atoms with Gasteiger partial charge in [0.05, 0.1) is 17.7 Å². The minimum Gasteiger partial charge on any atom is -0.462 e. The Hall–Kier alpha value is -1.88. The molecule has 0 amide bonds. The fourth-order valence-corrected chi connectivity index (χ4v) is 1.28. The summed E-state index contributed by atoms with van der Waals surface area (Å²) in [6.45, 7) is 3.67. The molecule has 0 atom stereocenters. The molecule has 1 aromatic rings. The average molecular weight is 224 g/mol. The van der Waals surface area contributed by atoms with Crippen molar-refractivity contribution in [2.24, 2.45) is 0 Å². The second-order valence-electron chi connectivity index (χ2n) is 3.13. The lowest BCUT2D eigenvalue weighted by molar-refractivity contribution is -0.182. The molecule has 0 radical (unpaired) electrons. The summed E-state index contributed by atoms with van der Waals surface area (Å²) in [7, 11) is 0. The molecule has 1 rings (SSSR count). The number of rotatable bonds is 3. The second kappa shape index (κ2) is 5.27. The van der Waals surface area contributed by atoms with E-state index in [1.165, 1.54) is 18.2 Å². The van der Waals surface area contributed by atoms with Crippen molar-refractivity contribution in [2.45, 2.75) is 13.8 Å². The van der Waals surface area contributed by atoms with Crippen LogP contribution in [0.4, 0.5) is 0 Å². The molecule has 0 spiro atoms. The normalized spacial score (nSPS) is 9.69. The summed E-state index contributed by atoms with van der Waals surface area (Å²) in [5, 5.41) is 8.20. The predicted molar refractivity (Wildman–Crippen MR) is 55.2 cm³/mol. The second-order valence-corrected chi connectivity index (χ2v) is 3.13. The van der Waals surface area contributed by atoms with E-state index in [1.54, 1.807) is 13.8 Å². The summed E-state index contributed by atoms with van der Waals surface area (Å²) in [5.41, 5.74) is 1.14. The van der Waals surface area contributed by atoms with E-state index in [9.17, 15) is 9.59 Å². The highest BCUT2D eigenvalue weighted by atomic mass is 17.1. The van der Waals surface area contributed by atoms with Crippen molar-refractivity contribution >= 4 is 11.9 Å². The van der Waals surface area contributed by atoms with Crippen LogP contribution in [-0.2, 0) is 9.62 Å². The van der Waals surface area contributed by atoms with Crippen molar-refractivity contribution in [3.05, 3.63) is 34.9 Å². The van der Waals surface area contributed by atoms with Gasteiger partial charge in [-0.3, -0.25) is 4.89 Å². The summed E-state index contributed by atoms with van der Waals surface area (Å²) in [6, 6.07) is 4.29. The van der Waals surface area contributed by atoms with Gasteiger partial charge < -0.3 is 4.74 Å². The maximum absolute atomic E-state index is 11.4. The summed E-state index contributed by atoms with van der Waals surface area (Å²) < 4.78 is 4.83. The van der Waals surface area contributed by atoms with Gasteiger partial charge in [-0.15, -0.1) is 0 Å². The van der Waals surface area contributed by atoms with E-state index in [-0.39, 0.29) is 5.56 Å². The third kappa shape index (κ3) is 2.58. The van der Waals surface area contributed by atoms with Crippen LogP contribution in [0.3, 0.4) is 0 Å². The molecule has 0 bridgehead atoms. The lowest BCUT2D eigenvalue weighted by atomic mass is 10.1. The first-order chi connectivity index (χ1) is 7.60. The molecule has 0 heterocycles. The summed E-state index contributed by atoms with van der Waals surface area (Å²) in [6.07, 6.45) is 0. The quantitative estimate of drug-likeness (QED) is 0.481. The Kier molecular flexibility index (Phi) is 4.02. The third-order valence-electron chi connectivity index (χ3n) is 2.04. The lowest BCUT2D eigenvalue weighted by Crippen LogP contribution is -2.08. The molecule has 86 valence electrons. The summed E-state index contributed by atoms with van der Waals surface area (Å²) in [5.74, 6) is -1.30. The molecule has 5 nitrogen and oxygen atoms in total. The molecule has 0 aromatic heterocycles. The molecule has 5 heteroatoms. The van der Waals surface area contributed by atoms with Gasteiger partial charge in [0, 0.05) is 0 Å². The maximum Gasteiger partial charge on any atom is 0.372 e. The average Bonchev–Trinajstić information content (AvgIpc) is 2.28. The SMILES string of the molecule is CCOC(=O)c1ccc(C(=O)OO)cc1C. The van der Waals surface area contributed by atoms with E-state index >= 15 is 0 Å². The molecule has 16 heavy (non-hydrogen) atoms. The largest absolute Gasteiger partial charge is 0.462 e.